The summed E-state index contributed by atoms with van der Waals surface area (Å²) in [5.41, 5.74) is 1.44. The van der Waals surface area contributed by atoms with Crippen LogP contribution in [0.15, 0.2) is 70.6 Å². The predicted octanol–water partition coefficient (Wildman–Crippen LogP) is 5.57. The Morgan fingerprint density at radius 2 is 1.87 bits per heavy atom. The van der Waals surface area contributed by atoms with E-state index < -0.39 is 0 Å². The van der Waals surface area contributed by atoms with E-state index >= 15 is 0 Å². The monoisotopic (exact) mass is 436 g/mol. The van der Waals surface area contributed by atoms with Gasteiger partial charge in [-0.15, -0.1) is 11.3 Å². The number of fused-ring (bicyclic) bond motifs is 1. The van der Waals surface area contributed by atoms with Crippen molar-refractivity contribution in [2.45, 2.75) is 24.0 Å². The lowest BCUT2D eigenvalue weighted by Crippen LogP contribution is -2.22. The molecule has 2 aromatic carbocycles. The van der Waals surface area contributed by atoms with Gasteiger partial charge in [-0.3, -0.25) is 14.2 Å². The summed E-state index contributed by atoms with van der Waals surface area (Å²) >= 11 is 2.72. The Morgan fingerprint density at radius 1 is 1.13 bits per heavy atom. The number of carbonyl (C=O) groups excluding carboxylic acids is 1. The highest BCUT2D eigenvalue weighted by molar-refractivity contribution is 7.99. The third kappa shape index (κ3) is 3.70. The lowest BCUT2D eigenvalue weighted by Gasteiger charge is -2.10. The van der Waals surface area contributed by atoms with Crippen molar-refractivity contribution in [1.29, 1.82) is 0 Å². The highest BCUT2D eigenvalue weighted by atomic mass is 32.2. The third-order valence-corrected chi connectivity index (χ3v) is 7.06. The molecule has 1 fully saturated rings. The molecule has 1 aliphatic carbocycles. The van der Waals surface area contributed by atoms with Gasteiger partial charge in [0.25, 0.3) is 5.56 Å². The molecule has 7 heteroatoms. The maximum absolute atomic E-state index is 13.3. The number of halogens is 1. The second-order valence-corrected chi connectivity index (χ2v) is 9.19. The topological polar surface area (TPSA) is 52.0 Å². The van der Waals surface area contributed by atoms with Gasteiger partial charge in [0, 0.05) is 16.5 Å². The van der Waals surface area contributed by atoms with Gasteiger partial charge in [0.1, 0.15) is 10.6 Å². The molecule has 1 aliphatic rings. The Bertz CT molecular complexity index is 1290. The fourth-order valence-corrected chi connectivity index (χ4v) is 5.36. The van der Waals surface area contributed by atoms with E-state index in [1.807, 2.05) is 24.3 Å². The molecule has 30 heavy (non-hydrogen) atoms. The zero-order valence-electron chi connectivity index (χ0n) is 15.9. The van der Waals surface area contributed by atoms with E-state index in [2.05, 4.69) is 0 Å². The largest absolute Gasteiger partial charge is 0.293 e. The minimum atomic E-state index is -0.296. The van der Waals surface area contributed by atoms with Crippen LogP contribution in [0.3, 0.4) is 0 Å². The van der Waals surface area contributed by atoms with Crippen molar-refractivity contribution >= 4 is 39.1 Å². The van der Waals surface area contributed by atoms with Crippen LogP contribution in [-0.4, -0.2) is 21.1 Å². The van der Waals surface area contributed by atoms with Crippen molar-refractivity contribution in [2.75, 3.05) is 5.75 Å². The van der Waals surface area contributed by atoms with Gasteiger partial charge in [-0.1, -0.05) is 54.2 Å². The molecule has 150 valence electrons. The highest BCUT2D eigenvalue weighted by Crippen LogP contribution is 2.38. The number of thioether (sulfide) groups is 1. The lowest BCUT2D eigenvalue weighted by molar-refractivity contribution is 0.102. The fraction of sp³-hybridized carbons (Fsp3) is 0.174. The molecule has 0 aliphatic heterocycles. The zero-order chi connectivity index (χ0) is 20.7. The molecule has 4 aromatic rings. The van der Waals surface area contributed by atoms with Crippen LogP contribution < -0.4 is 5.56 Å². The van der Waals surface area contributed by atoms with Crippen molar-refractivity contribution < 1.29 is 9.18 Å². The normalized spacial score (nSPS) is 13.6. The van der Waals surface area contributed by atoms with Gasteiger partial charge in [0.2, 0.25) is 0 Å². The second kappa shape index (κ2) is 7.81. The molecule has 2 heterocycles. The minimum Gasteiger partial charge on any atom is -0.293 e. The summed E-state index contributed by atoms with van der Waals surface area (Å²) in [6, 6.07) is 17.3. The Morgan fingerprint density at radius 3 is 2.57 bits per heavy atom. The van der Waals surface area contributed by atoms with Crippen molar-refractivity contribution in [3.8, 4) is 10.4 Å². The number of thiophene rings is 1. The first kappa shape index (κ1) is 19.2. The number of Topliss-reactive ketones (excluding diaryl/α,β-unsaturated/α-hetero) is 1. The molecule has 0 saturated heterocycles. The summed E-state index contributed by atoms with van der Waals surface area (Å²) in [7, 11) is 0. The third-order valence-electron chi connectivity index (χ3n) is 5.03. The average Bonchev–Trinajstić information content (AvgIpc) is 3.51. The van der Waals surface area contributed by atoms with Gasteiger partial charge in [-0.25, -0.2) is 9.37 Å². The molecular weight excluding hydrogens is 419 g/mol. The van der Waals surface area contributed by atoms with Gasteiger partial charge in [-0.05, 0) is 36.6 Å². The molecule has 0 bridgehead atoms. The summed E-state index contributed by atoms with van der Waals surface area (Å²) < 4.78 is 15.0. The maximum Gasteiger partial charge on any atom is 0.263 e. The van der Waals surface area contributed by atoms with Crippen LogP contribution in [0.2, 0.25) is 0 Å². The van der Waals surface area contributed by atoms with Gasteiger partial charge >= 0.3 is 0 Å². The van der Waals surface area contributed by atoms with E-state index in [0.29, 0.717) is 20.9 Å². The van der Waals surface area contributed by atoms with Crippen LogP contribution in [0.5, 0.6) is 0 Å². The van der Waals surface area contributed by atoms with Crippen LogP contribution in [0.4, 0.5) is 4.39 Å². The molecule has 0 unspecified atom stereocenters. The number of carbonyl (C=O) groups is 1. The SMILES string of the molecule is O=C(CSc1nc2sc(-c3ccc(F)cc3)cc2c(=O)n1C1CC1)c1ccccc1. The van der Waals surface area contributed by atoms with E-state index in [1.54, 1.807) is 28.8 Å². The van der Waals surface area contributed by atoms with Crippen molar-refractivity contribution in [1.82, 2.24) is 9.55 Å². The summed E-state index contributed by atoms with van der Waals surface area (Å²) in [5.74, 6) is -0.0588. The maximum atomic E-state index is 13.3. The summed E-state index contributed by atoms with van der Waals surface area (Å²) in [4.78, 5) is 32.0. The fourth-order valence-electron chi connectivity index (χ4n) is 3.33. The van der Waals surface area contributed by atoms with Crippen LogP contribution in [0.1, 0.15) is 29.2 Å². The summed E-state index contributed by atoms with van der Waals surface area (Å²) in [5, 5.41) is 1.16. The molecule has 2 aromatic heterocycles. The van der Waals surface area contributed by atoms with Crippen LogP contribution in [-0.2, 0) is 0 Å². The summed E-state index contributed by atoms with van der Waals surface area (Å²) in [6.07, 6.45) is 1.89. The van der Waals surface area contributed by atoms with Crippen molar-refractivity contribution in [3.63, 3.8) is 0 Å². The highest BCUT2D eigenvalue weighted by Gasteiger charge is 2.29. The number of ketones is 1. The number of rotatable bonds is 6. The number of benzene rings is 2. The smallest absolute Gasteiger partial charge is 0.263 e. The first-order chi connectivity index (χ1) is 14.6. The Hall–Kier alpha value is -2.77. The molecule has 4 nitrogen and oxygen atoms in total. The molecular formula is C23H17FN2O2S2. The van der Waals surface area contributed by atoms with E-state index in [-0.39, 0.29) is 29.0 Å². The van der Waals surface area contributed by atoms with Gasteiger partial charge in [0.05, 0.1) is 11.1 Å². The summed E-state index contributed by atoms with van der Waals surface area (Å²) in [6.45, 7) is 0. The second-order valence-electron chi connectivity index (χ2n) is 7.21. The van der Waals surface area contributed by atoms with Gasteiger partial charge in [0.15, 0.2) is 10.9 Å². The lowest BCUT2D eigenvalue weighted by atomic mass is 10.2. The molecule has 0 atom stereocenters. The molecule has 0 amide bonds. The van der Waals surface area contributed by atoms with Crippen molar-refractivity contribution in [3.05, 3.63) is 82.4 Å². The quantitative estimate of drug-likeness (QED) is 0.225. The minimum absolute atomic E-state index is 0.00970. The van der Waals surface area contributed by atoms with E-state index in [4.69, 9.17) is 4.98 Å². The first-order valence-electron chi connectivity index (χ1n) is 9.63. The van der Waals surface area contributed by atoms with Gasteiger partial charge in [-0.2, -0.15) is 0 Å². The standard InChI is InChI=1S/C23H17FN2O2S2/c24-16-8-6-15(7-9-16)20-12-18-21(30-20)25-23(26(22(18)28)17-10-11-17)29-13-19(27)14-4-2-1-3-5-14/h1-9,12,17H,10-11,13H2. The average molecular weight is 437 g/mol. The van der Waals surface area contributed by atoms with E-state index in [0.717, 1.165) is 23.3 Å². The Balaban J connectivity index is 1.51. The van der Waals surface area contributed by atoms with Gasteiger partial charge < -0.3 is 0 Å². The number of hydrogen-bond acceptors (Lipinski definition) is 5. The predicted molar refractivity (Wildman–Crippen MR) is 119 cm³/mol. The van der Waals surface area contributed by atoms with E-state index in [9.17, 15) is 14.0 Å². The van der Waals surface area contributed by atoms with Crippen molar-refractivity contribution in [2.24, 2.45) is 0 Å². The molecule has 0 N–H and O–H groups in total. The van der Waals surface area contributed by atoms with Crippen LogP contribution >= 0.6 is 23.1 Å². The number of nitrogens with zero attached hydrogens (tertiary/aromatic N) is 2. The van der Waals surface area contributed by atoms with E-state index in [1.165, 1.54) is 35.2 Å². The Labute approximate surface area is 180 Å². The van der Waals surface area contributed by atoms with Crippen LogP contribution in [0.25, 0.3) is 20.7 Å². The molecule has 5 rings (SSSR count). The number of hydrogen-bond donors (Lipinski definition) is 0. The molecule has 0 spiro atoms. The Kier molecular flexibility index (Phi) is 5.00. The first-order valence-corrected chi connectivity index (χ1v) is 11.4. The number of aromatic nitrogens is 2. The van der Waals surface area contributed by atoms with Crippen LogP contribution in [0, 0.1) is 5.82 Å². The molecule has 0 radical (unpaired) electrons. The zero-order valence-corrected chi connectivity index (χ0v) is 17.5. The molecule has 1 saturated carbocycles.